The summed E-state index contributed by atoms with van der Waals surface area (Å²) in [5.41, 5.74) is 4.37. The molecule has 8 heteroatoms. The van der Waals surface area contributed by atoms with Crippen LogP contribution in [0.1, 0.15) is 60.8 Å². The van der Waals surface area contributed by atoms with E-state index < -0.39 is 0 Å². The lowest BCUT2D eigenvalue weighted by molar-refractivity contribution is 0.101. The SMILES string of the molecule is [C-]#[N+]c1c[nH]c(C(=O)Nc2ccc(C3CN(C)C(=O)N(C)C3)cc2C2=CCC(C)(C)CC2)n1. The third-order valence-electron chi connectivity index (χ3n) is 6.62. The van der Waals surface area contributed by atoms with Crippen molar-refractivity contribution in [3.8, 4) is 0 Å². The lowest BCUT2D eigenvalue weighted by Gasteiger charge is -2.37. The fourth-order valence-electron chi connectivity index (χ4n) is 4.56. The number of hydrogen-bond acceptors (Lipinski definition) is 3. The summed E-state index contributed by atoms with van der Waals surface area (Å²) in [6.07, 6.45) is 6.70. The molecule has 3 amide bonds. The highest BCUT2D eigenvalue weighted by molar-refractivity contribution is 6.03. The van der Waals surface area contributed by atoms with Crippen LogP contribution in [0.2, 0.25) is 0 Å². The van der Waals surface area contributed by atoms with Crippen LogP contribution >= 0.6 is 0 Å². The molecule has 1 aliphatic carbocycles. The van der Waals surface area contributed by atoms with Crippen molar-refractivity contribution in [1.29, 1.82) is 0 Å². The second kappa shape index (κ2) is 8.74. The van der Waals surface area contributed by atoms with Gasteiger partial charge < -0.3 is 24.9 Å². The van der Waals surface area contributed by atoms with Gasteiger partial charge >= 0.3 is 11.9 Å². The van der Waals surface area contributed by atoms with E-state index in [1.54, 1.807) is 9.80 Å². The van der Waals surface area contributed by atoms with Gasteiger partial charge in [0.05, 0.1) is 0 Å². The fraction of sp³-hybridized carbons (Fsp3) is 0.440. The average molecular weight is 447 g/mol. The number of H-pyrrole nitrogens is 1. The molecule has 1 saturated heterocycles. The molecule has 2 heterocycles. The summed E-state index contributed by atoms with van der Waals surface area (Å²) in [5, 5.41) is 2.99. The highest BCUT2D eigenvalue weighted by atomic mass is 16.2. The first-order valence-electron chi connectivity index (χ1n) is 11.2. The Kier molecular flexibility index (Phi) is 5.98. The normalized spacial score (nSPS) is 18.6. The summed E-state index contributed by atoms with van der Waals surface area (Å²) in [4.78, 5) is 38.5. The summed E-state index contributed by atoms with van der Waals surface area (Å²) < 4.78 is 0. The molecule has 172 valence electrons. The number of aromatic nitrogens is 2. The number of carbonyl (C=O) groups excluding carboxylic acids is 2. The number of urea groups is 1. The van der Waals surface area contributed by atoms with Crippen molar-refractivity contribution >= 4 is 29.0 Å². The Morgan fingerprint density at radius 3 is 2.61 bits per heavy atom. The molecule has 1 aromatic heterocycles. The minimum Gasteiger partial charge on any atom is -0.359 e. The maximum Gasteiger partial charge on any atom is 0.319 e. The largest absolute Gasteiger partial charge is 0.359 e. The number of nitrogens with one attached hydrogen (secondary N) is 2. The minimum absolute atomic E-state index is 0.0322. The van der Waals surface area contributed by atoms with E-state index in [0.29, 0.717) is 13.1 Å². The highest BCUT2D eigenvalue weighted by Gasteiger charge is 2.29. The van der Waals surface area contributed by atoms with E-state index in [1.165, 1.54) is 11.8 Å². The number of benzene rings is 1. The quantitative estimate of drug-likeness (QED) is 0.656. The molecule has 0 unspecified atom stereocenters. The van der Waals surface area contributed by atoms with E-state index in [2.05, 4.69) is 46.1 Å². The second-order valence-electron chi connectivity index (χ2n) is 9.82. The molecule has 8 nitrogen and oxygen atoms in total. The first kappa shape index (κ1) is 22.6. The summed E-state index contributed by atoms with van der Waals surface area (Å²) in [6.45, 7) is 12.9. The van der Waals surface area contributed by atoms with Crippen molar-refractivity contribution in [2.75, 3.05) is 32.5 Å². The van der Waals surface area contributed by atoms with Gasteiger partial charge in [-0.3, -0.25) is 4.79 Å². The van der Waals surface area contributed by atoms with Gasteiger partial charge in [0.2, 0.25) is 0 Å². The number of amides is 3. The molecule has 1 aromatic carbocycles. The Morgan fingerprint density at radius 1 is 1.27 bits per heavy atom. The third kappa shape index (κ3) is 4.77. The van der Waals surface area contributed by atoms with Gasteiger partial charge in [-0.25, -0.2) is 4.79 Å². The van der Waals surface area contributed by atoms with Crippen molar-refractivity contribution in [1.82, 2.24) is 19.8 Å². The van der Waals surface area contributed by atoms with Gasteiger partial charge in [-0.15, -0.1) is 0 Å². The van der Waals surface area contributed by atoms with E-state index in [0.717, 1.165) is 36.1 Å². The first-order valence-corrected chi connectivity index (χ1v) is 11.2. The molecular weight excluding hydrogens is 416 g/mol. The first-order chi connectivity index (χ1) is 15.7. The number of carbonyl (C=O) groups is 2. The van der Waals surface area contributed by atoms with Crippen LogP contribution in [0.5, 0.6) is 0 Å². The van der Waals surface area contributed by atoms with Crippen LogP contribution in [-0.2, 0) is 0 Å². The molecule has 0 saturated carbocycles. The van der Waals surface area contributed by atoms with Crippen molar-refractivity contribution in [2.24, 2.45) is 5.41 Å². The predicted octanol–water partition coefficient (Wildman–Crippen LogP) is 4.89. The van der Waals surface area contributed by atoms with Crippen molar-refractivity contribution in [3.63, 3.8) is 0 Å². The number of aromatic amines is 1. The predicted molar refractivity (Wildman–Crippen MR) is 128 cm³/mol. The highest BCUT2D eigenvalue weighted by Crippen LogP contribution is 2.41. The number of anilines is 1. The number of nitrogens with zero attached hydrogens (tertiary/aromatic N) is 4. The lowest BCUT2D eigenvalue weighted by Crippen LogP contribution is -2.48. The van der Waals surface area contributed by atoms with Crippen molar-refractivity contribution in [2.45, 2.75) is 39.0 Å². The van der Waals surface area contributed by atoms with Crippen LogP contribution in [0.4, 0.5) is 16.3 Å². The molecule has 4 rings (SSSR count). The summed E-state index contributed by atoms with van der Waals surface area (Å²) in [5.74, 6) is 0.0864. The second-order valence-corrected chi connectivity index (χ2v) is 9.82. The molecule has 1 aliphatic heterocycles. The molecule has 0 radical (unpaired) electrons. The average Bonchev–Trinajstić information content (AvgIpc) is 3.27. The number of hydrogen-bond donors (Lipinski definition) is 2. The minimum atomic E-state index is -0.377. The third-order valence-corrected chi connectivity index (χ3v) is 6.62. The van der Waals surface area contributed by atoms with Gasteiger partial charge in [0, 0.05) is 50.6 Å². The van der Waals surface area contributed by atoms with Crippen LogP contribution in [-0.4, -0.2) is 58.9 Å². The molecule has 0 atom stereocenters. The van der Waals surface area contributed by atoms with Gasteiger partial charge in [0.1, 0.15) is 0 Å². The fourth-order valence-corrected chi connectivity index (χ4v) is 4.56. The van der Waals surface area contributed by atoms with Gasteiger partial charge in [-0.2, -0.15) is 0 Å². The molecule has 0 bridgehead atoms. The molecular formula is C25H30N6O2. The number of imidazole rings is 1. The van der Waals surface area contributed by atoms with Gasteiger partial charge in [0.15, 0.2) is 0 Å². The van der Waals surface area contributed by atoms with E-state index in [9.17, 15) is 9.59 Å². The van der Waals surface area contributed by atoms with E-state index in [-0.39, 0.29) is 34.9 Å². The molecule has 2 aromatic rings. The Bertz CT molecular complexity index is 1140. The van der Waals surface area contributed by atoms with Crippen molar-refractivity contribution < 1.29 is 9.59 Å². The molecule has 33 heavy (non-hydrogen) atoms. The zero-order valence-electron chi connectivity index (χ0n) is 19.6. The van der Waals surface area contributed by atoms with Gasteiger partial charge in [-0.1, -0.05) is 37.5 Å². The number of rotatable bonds is 4. The Hall–Kier alpha value is -3.60. The summed E-state index contributed by atoms with van der Waals surface area (Å²) in [6, 6.07) is 6.17. The monoisotopic (exact) mass is 446 g/mol. The van der Waals surface area contributed by atoms with E-state index in [4.69, 9.17) is 6.57 Å². The number of likely N-dealkylation sites (N-methyl/N-ethyl adjacent to an activating group) is 2. The maximum atomic E-state index is 12.8. The Labute approximate surface area is 194 Å². The van der Waals surface area contributed by atoms with Crippen LogP contribution in [0, 0.1) is 12.0 Å². The standard InChI is InChI=1S/C25H30N6O2/c1-25(2)10-8-16(9-11-25)19-12-17(18-14-30(4)24(33)31(5)15-18)6-7-20(19)28-23(32)22-27-13-21(26-3)29-22/h6-8,12-13,18H,9-11,14-15H2,1-2,4-5H3,(H,27,29)(H,28,32). The zero-order valence-corrected chi connectivity index (χ0v) is 19.6. The molecule has 1 fully saturated rings. The van der Waals surface area contributed by atoms with Crippen molar-refractivity contribution in [3.05, 3.63) is 58.8 Å². The smallest absolute Gasteiger partial charge is 0.319 e. The van der Waals surface area contributed by atoms with Gasteiger partial charge in [0.25, 0.3) is 11.6 Å². The van der Waals surface area contributed by atoms with Crippen LogP contribution < -0.4 is 5.32 Å². The van der Waals surface area contributed by atoms with E-state index >= 15 is 0 Å². The topological polar surface area (TPSA) is 85.7 Å². The summed E-state index contributed by atoms with van der Waals surface area (Å²) in [7, 11) is 3.65. The number of allylic oxidation sites excluding steroid dienone is 2. The Morgan fingerprint density at radius 2 is 2.00 bits per heavy atom. The van der Waals surface area contributed by atoms with Gasteiger partial charge in [-0.05, 0) is 47.9 Å². The molecule has 2 aliphatic rings. The van der Waals surface area contributed by atoms with Crippen LogP contribution in [0.3, 0.4) is 0 Å². The zero-order chi connectivity index (χ0) is 23.8. The van der Waals surface area contributed by atoms with Crippen LogP contribution in [0.15, 0.2) is 30.5 Å². The Balaban J connectivity index is 1.67. The maximum absolute atomic E-state index is 12.8. The van der Waals surface area contributed by atoms with E-state index in [1.807, 2.05) is 26.2 Å². The summed E-state index contributed by atoms with van der Waals surface area (Å²) >= 11 is 0. The molecule has 2 N–H and O–H groups in total. The molecule has 0 spiro atoms. The lowest BCUT2D eigenvalue weighted by atomic mass is 9.76. The van der Waals surface area contributed by atoms with Crippen LogP contribution in [0.25, 0.3) is 10.4 Å².